The van der Waals surface area contributed by atoms with Crippen molar-refractivity contribution in [2.75, 3.05) is 26.2 Å². The number of hydrogen-bond acceptors (Lipinski definition) is 5. The molecule has 152 valence electrons. The molecule has 0 unspecified atom stereocenters. The summed E-state index contributed by atoms with van der Waals surface area (Å²) in [5.41, 5.74) is 2.68. The van der Waals surface area contributed by atoms with Gasteiger partial charge in [0, 0.05) is 51.4 Å². The number of anilines is 1. The van der Waals surface area contributed by atoms with Crippen LogP contribution in [0.1, 0.15) is 5.56 Å². The minimum absolute atomic E-state index is 0.00621. The van der Waals surface area contributed by atoms with Crippen LogP contribution in [0.25, 0.3) is 21.7 Å². The summed E-state index contributed by atoms with van der Waals surface area (Å²) in [6, 6.07) is 17.5. The Morgan fingerprint density at radius 3 is 2.53 bits per heavy atom. The Labute approximate surface area is 188 Å². The van der Waals surface area contributed by atoms with Crippen molar-refractivity contribution in [1.82, 2.24) is 4.98 Å². The third kappa shape index (κ3) is 3.92. The molecule has 0 N–H and O–H groups in total. The van der Waals surface area contributed by atoms with E-state index in [-0.39, 0.29) is 5.43 Å². The number of rotatable bonds is 5. The molecule has 4 aromatic rings. The molecule has 6 heteroatoms. The number of halogens is 1. The van der Waals surface area contributed by atoms with Gasteiger partial charge in [0.25, 0.3) is 0 Å². The summed E-state index contributed by atoms with van der Waals surface area (Å²) in [7, 11) is 5.29. The Bertz CT molecular complexity index is 1310. The number of benzene rings is 2. The normalized spacial score (nSPS) is 10.9. The number of nitrogens with zero attached hydrogens (tertiary/aromatic N) is 2. The summed E-state index contributed by atoms with van der Waals surface area (Å²) in [6.45, 7) is 0.631. The molecule has 0 saturated carbocycles. The fraction of sp³-hybridized carbons (Fsp3) is 0.167. The van der Waals surface area contributed by atoms with E-state index in [1.165, 1.54) is 0 Å². The summed E-state index contributed by atoms with van der Waals surface area (Å²) < 4.78 is 11.7. The average molecular weight is 512 g/mol. The van der Waals surface area contributed by atoms with Gasteiger partial charge in [0.05, 0.1) is 19.7 Å². The first-order valence-corrected chi connectivity index (χ1v) is 10.5. The van der Waals surface area contributed by atoms with Gasteiger partial charge >= 0.3 is 0 Å². The quantitative estimate of drug-likeness (QED) is 0.352. The molecule has 0 aliphatic heterocycles. The van der Waals surface area contributed by atoms with E-state index in [2.05, 4.69) is 32.5 Å². The van der Waals surface area contributed by atoms with E-state index in [9.17, 15) is 4.79 Å². The molecular formula is C24H21IN2O3. The lowest BCUT2D eigenvalue weighted by molar-refractivity contribution is 0.391. The summed E-state index contributed by atoms with van der Waals surface area (Å²) >= 11 is 2.18. The smallest absolute Gasteiger partial charge is 0.195 e. The molecule has 30 heavy (non-hydrogen) atoms. The van der Waals surface area contributed by atoms with E-state index in [4.69, 9.17) is 9.47 Å². The Balaban J connectivity index is 1.77. The van der Waals surface area contributed by atoms with Gasteiger partial charge in [-0.3, -0.25) is 9.78 Å². The zero-order valence-electron chi connectivity index (χ0n) is 17.0. The van der Waals surface area contributed by atoms with Gasteiger partial charge in [-0.15, -0.1) is 0 Å². The van der Waals surface area contributed by atoms with Crippen LogP contribution in [0.4, 0.5) is 5.69 Å². The monoisotopic (exact) mass is 512 g/mol. The van der Waals surface area contributed by atoms with Gasteiger partial charge in [0.15, 0.2) is 5.43 Å². The number of hydrogen-bond donors (Lipinski definition) is 0. The van der Waals surface area contributed by atoms with Gasteiger partial charge in [-0.25, -0.2) is 0 Å². The van der Waals surface area contributed by atoms with Crippen molar-refractivity contribution < 1.29 is 9.47 Å². The van der Waals surface area contributed by atoms with E-state index in [1.807, 2.05) is 61.6 Å². The van der Waals surface area contributed by atoms with Gasteiger partial charge in [-0.1, -0.05) is 12.1 Å². The molecule has 0 bridgehead atoms. The van der Waals surface area contributed by atoms with Crippen molar-refractivity contribution in [3.8, 4) is 11.5 Å². The zero-order valence-corrected chi connectivity index (χ0v) is 19.1. The minimum atomic E-state index is -0.00621. The van der Waals surface area contributed by atoms with Gasteiger partial charge < -0.3 is 14.4 Å². The molecule has 0 radical (unpaired) electrons. The van der Waals surface area contributed by atoms with Crippen molar-refractivity contribution in [1.29, 1.82) is 0 Å². The van der Waals surface area contributed by atoms with Crippen LogP contribution >= 0.6 is 22.6 Å². The van der Waals surface area contributed by atoms with Crippen LogP contribution < -0.4 is 19.8 Å². The van der Waals surface area contributed by atoms with Gasteiger partial charge in [0.1, 0.15) is 11.5 Å². The first-order valence-electron chi connectivity index (χ1n) is 9.44. The number of pyridine rings is 1. The van der Waals surface area contributed by atoms with Gasteiger partial charge in [-0.05, 0) is 64.4 Å². The van der Waals surface area contributed by atoms with Crippen LogP contribution in [0.5, 0.6) is 11.5 Å². The molecule has 0 aliphatic rings. The number of aromatic nitrogens is 1. The maximum atomic E-state index is 13.2. The van der Waals surface area contributed by atoms with Gasteiger partial charge in [0.2, 0.25) is 0 Å². The molecule has 0 aliphatic carbocycles. The van der Waals surface area contributed by atoms with E-state index in [1.54, 1.807) is 20.4 Å². The maximum Gasteiger partial charge on any atom is 0.195 e. The molecular weight excluding hydrogens is 491 g/mol. The van der Waals surface area contributed by atoms with Crippen LogP contribution in [0, 0.1) is 3.57 Å². The fourth-order valence-electron chi connectivity index (χ4n) is 3.53. The molecule has 0 amide bonds. The first-order chi connectivity index (χ1) is 14.5. The Morgan fingerprint density at radius 1 is 0.967 bits per heavy atom. The minimum Gasteiger partial charge on any atom is -0.497 e. The molecule has 1 heterocycles. The molecule has 1 aromatic heterocycles. The summed E-state index contributed by atoms with van der Waals surface area (Å²) in [5, 5.41) is 2.21. The van der Waals surface area contributed by atoms with Crippen molar-refractivity contribution in [3.05, 3.63) is 80.2 Å². The highest BCUT2D eigenvalue weighted by Gasteiger charge is 2.11. The highest BCUT2D eigenvalue weighted by Crippen LogP contribution is 2.28. The molecule has 4 rings (SSSR count). The highest BCUT2D eigenvalue weighted by atomic mass is 127. The largest absolute Gasteiger partial charge is 0.497 e. The second-order valence-corrected chi connectivity index (χ2v) is 8.30. The van der Waals surface area contributed by atoms with E-state index >= 15 is 0 Å². The van der Waals surface area contributed by atoms with Crippen molar-refractivity contribution >= 4 is 50.0 Å². The highest BCUT2D eigenvalue weighted by molar-refractivity contribution is 14.1. The molecule has 0 spiro atoms. The SMILES string of the molecule is COc1ccc(CN(C)c2ccc3ccc4ncc(I)cc4c(=O)c3c2)c(OC)c1. The van der Waals surface area contributed by atoms with Crippen LogP contribution in [-0.2, 0) is 6.54 Å². The van der Waals surface area contributed by atoms with Crippen molar-refractivity contribution in [3.63, 3.8) is 0 Å². The standard InChI is InChI=1S/C24H21IN2O3/c1-27(14-16-5-8-19(29-2)12-23(16)30-3)18-7-4-15-6-9-22-21(10-17(25)13-26-22)24(28)20(15)11-18/h4-13H,14H2,1-3H3. The van der Waals surface area contributed by atoms with E-state index < -0.39 is 0 Å². The topological polar surface area (TPSA) is 51.7 Å². The van der Waals surface area contributed by atoms with Crippen LogP contribution in [-0.4, -0.2) is 26.3 Å². The summed E-state index contributed by atoms with van der Waals surface area (Å²) in [5.74, 6) is 1.52. The number of methoxy groups -OCH3 is 2. The lowest BCUT2D eigenvalue weighted by Crippen LogP contribution is -2.17. The summed E-state index contributed by atoms with van der Waals surface area (Å²) in [4.78, 5) is 19.8. The third-order valence-electron chi connectivity index (χ3n) is 5.17. The predicted octanol–water partition coefficient (Wildman–Crippen LogP) is 5.01. The maximum absolute atomic E-state index is 13.2. The third-order valence-corrected chi connectivity index (χ3v) is 5.76. The predicted molar refractivity (Wildman–Crippen MR) is 130 cm³/mol. The van der Waals surface area contributed by atoms with Crippen molar-refractivity contribution in [2.45, 2.75) is 6.54 Å². The zero-order chi connectivity index (χ0) is 21.3. The first kappa shape index (κ1) is 20.4. The molecule has 0 fully saturated rings. The molecule has 3 aromatic carbocycles. The van der Waals surface area contributed by atoms with Crippen LogP contribution in [0.15, 0.2) is 65.6 Å². The van der Waals surface area contributed by atoms with Crippen LogP contribution in [0.2, 0.25) is 0 Å². The number of fused-ring (bicyclic) bond motifs is 2. The Morgan fingerprint density at radius 2 is 1.77 bits per heavy atom. The van der Waals surface area contributed by atoms with E-state index in [0.29, 0.717) is 22.8 Å². The fourth-order valence-corrected chi connectivity index (χ4v) is 3.98. The Hall–Kier alpha value is -2.87. The second-order valence-electron chi connectivity index (χ2n) is 7.05. The van der Waals surface area contributed by atoms with Crippen molar-refractivity contribution in [2.24, 2.45) is 0 Å². The molecule has 5 nitrogen and oxygen atoms in total. The lowest BCUT2D eigenvalue weighted by Gasteiger charge is -2.21. The number of ether oxygens (including phenoxy) is 2. The van der Waals surface area contributed by atoms with E-state index in [0.717, 1.165) is 31.7 Å². The van der Waals surface area contributed by atoms with Crippen LogP contribution in [0.3, 0.4) is 0 Å². The Kier molecular flexibility index (Phi) is 5.76. The molecule has 0 atom stereocenters. The summed E-state index contributed by atoms with van der Waals surface area (Å²) in [6.07, 6.45) is 1.77. The average Bonchev–Trinajstić information content (AvgIpc) is 2.90. The lowest BCUT2D eigenvalue weighted by atomic mass is 10.1. The second kappa shape index (κ2) is 8.47. The molecule has 0 saturated heterocycles. The van der Waals surface area contributed by atoms with Gasteiger partial charge in [-0.2, -0.15) is 0 Å².